The molecule has 0 unspecified atom stereocenters. The molecule has 1 heterocycles. The summed E-state index contributed by atoms with van der Waals surface area (Å²) in [6.45, 7) is 3.52. The van der Waals surface area contributed by atoms with Crippen molar-refractivity contribution >= 4 is 16.9 Å². The second-order valence-corrected chi connectivity index (χ2v) is 4.90. The van der Waals surface area contributed by atoms with E-state index in [4.69, 9.17) is 9.15 Å². The van der Waals surface area contributed by atoms with E-state index in [0.717, 1.165) is 10.9 Å². The Kier molecular flexibility index (Phi) is 3.79. The Balaban J connectivity index is 2.33. The Morgan fingerprint density at radius 3 is 2.65 bits per heavy atom. The molecular formula is C15H17NO4. The second-order valence-electron chi connectivity index (χ2n) is 4.90. The lowest BCUT2D eigenvalue weighted by Crippen LogP contribution is -2.35. The zero-order chi connectivity index (χ0) is 14.9. The van der Waals surface area contributed by atoms with Crippen molar-refractivity contribution in [3.8, 4) is 5.75 Å². The van der Waals surface area contributed by atoms with Crippen LogP contribution in [0, 0.1) is 6.92 Å². The zero-order valence-corrected chi connectivity index (χ0v) is 12.0. The summed E-state index contributed by atoms with van der Waals surface area (Å²) in [4.78, 5) is 24.6. The van der Waals surface area contributed by atoms with Crippen LogP contribution in [0.1, 0.15) is 12.5 Å². The van der Waals surface area contributed by atoms with Gasteiger partial charge in [-0.25, -0.2) is 4.79 Å². The summed E-state index contributed by atoms with van der Waals surface area (Å²) in [5.41, 5.74) is 0.904. The molecule has 106 valence electrons. The minimum Gasteiger partial charge on any atom is -0.481 e. The summed E-state index contributed by atoms with van der Waals surface area (Å²) in [5, 5.41) is 0.850. The van der Waals surface area contributed by atoms with Crippen molar-refractivity contribution in [1.82, 2.24) is 4.90 Å². The smallest absolute Gasteiger partial charge is 0.336 e. The highest BCUT2D eigenvalue weighted by Gasteiger charge is 2.16. The van der Waals surface area contributed by atoms with Gasteiger partial charge >= 0.3 is 5.63 Å². The third-order valence-corrected chi connectivity index (χ3v) is 3.02. The van der Waals surface area contributed by atoms with E-state index < -0.39 is 11.7 Å². The Morgan fingerprint density at radius 2 is 2.00 bits per heavy atom. The molecule has 2 aromatic rings. The number of benzene rings is 1. The minimum atomic E-state index is -0.598. The summed E-state index contributed by atoms with van der Waals surface area (Å²) < 4.78 is 10.7. The van der Waals surface area contributed by atoms with Crippen LogP contribution >= 0.6 is 0 Å². The highest BCUT2D eigenvalue weighted by atomic mass is 16.5. The Morgan fingerprint density at radius 1 is 1.30 bits per heavy atom. The molecule has 5 heteroatoms. The van der Waals surface area contributed by atoms with Crippen LogP contribution in [0.2, 0.25) is 0 Å². The van der Waals surface area contributed by atoms with E-state index in [2.05, 4.69) is 0 Å². The summed E-state index contributed by atoms with van der Waals surface area (Å²) in [7, 11) is 3.34. The standard InChI is InChI=1S/C15H17NO4/c1-9-7-14(17)20-13-8-11(5-6-12(9)13)19-10(2)15(18)16(3)4/h5-8,10H,1-4H3/t10-/m0/s1. The predicted molar refractivity (Wildman–Crippen MR) is 76.0 cm³/mol. The van der Waals surface area contributed by atoms with Crippen LogP contribution in [-0.2, 0) is 4.79 Å². The van der Waals surface area contributed by atoms with Crippen LogP contribution in [0.3, 0.4) is 0 Å². The number of ether oxygens (including phenoxy) is 1. The van der Waals surface area contributed by atoms with Crippen molar-refractivity contribution in [1.29, 1.82) is 0 Å². The molecule has 2 rings (SSSR count). The van der Waals surface area contributed by atoms with Crippen molar-refractivity contribution in [2.75, 3.05) is 14.1 Å². The van der Waals surface area contributed by atoms with E-state index in [1.54, 1.807) is 33.2 Å². The summed E-state index contributed by atoms with van der Waals surface area (Å²) in [5.74, 6) is 0.366. The summed E-state index contributed by atoms with van der Waals surface area (Å²) in [6, 6.07) is 6.65. The number of aryl methyl sites for hydroxylation is 1. The number of carbonyl (C=O) groups excluding carboxylic acids is 1. The van der Waals surface area contributed by atoms with Gasteiger partial charge in [0.05, 0.1) is 0 Å². The zero-order valence-electron chi connectivity index (χ0n) is 12.0. The summed E-state index contributed by atoms with van der Waals surface area (Å²) >= 11 is 0. The number of amides is 1. The van der Waals surface area contributed by atoms with Gasteiger partial charge in [-0.15, -0.1) is 0 Å². The molecule has 1 atom stereocenters. The highest BCUT2D eigenvalue weighted by molar-refractivity contribution is 5.82. The predicted octanol–water partition coefficient (Wildman–Crippen LogP) is 1.96. The molecule has 1 aromatic carbocycles. The Labute approximate surface area is 116 Å². The lowest BCUT2D eigenvalue weighted by atomic mass is 10.1. The molecule has 0 aliphatic rings. The first kappa shape index (κ1) is 14.1. The molecule has 1 amide bonds. The van der Waals surface area contributed by atoms with Gasteiger partial charge in [0.25, 0.3) is 5.91 Å². The molecular weight excluding hydrogens is 258 g/mol. The third kappa shape index (κ3) is 2.82. The summed E-state index contributed by atoms with van der Waals surface area (Å²) in [6.07, 6.45) is -0.598. The van der Waals surface area contributed by atoms with Gasteiger partial charge in [-0.3, -0.25) is 4.79 Å². The van der Waals surface area contributed by atoms with Crippen molar-refractivity contribution in [2.45, 2.75) is 20.0 Å². The molecule has 0 radical (unpaired) electrons. The molecule has 5 nitrogen and oxygen atoms in total. The lowest BCUT2D eigenvalue weighted by molar-refractivity contribution is -0.135. The van der Waals surface area contributed by atoms with Gasteiger partial charge in [-0.05, 0) is 31.5 Å². The first-order valence-corrected chi connectivity index (χ1v) is 6.31. The van der Waals surface area contributed by atoms with Gasteiger partial charge in [0, 0.05) is 31.6 Å². The maximum atomic E-state index is 11.7. The molecule has 0 bridgehead atoms. The van der Waals surface area contributed by atoms with Gasteiger partial charge < -0.3 is 14.1 Å². The Bertz CT molecular complexity index is 703. The van der Waals surface area contributed by atoms with E-state index >= 15 is 0 Å². The monoisotopic (exact) mass is 275 g/mol. The van der Waals surface area contributed by atoms with Crippen LogP contribution in [0.15, 0.2) is 33.5 Å². The van der Waals surface area contributed by atoms with Crippen LogP contribution in [0.25, 0.3) is 11.0 Å². The minimum absolute atomic E-state index is 0.129. The number of nitrogens with zero attached hydrogens (tertiary/aromatic N) is 1. The van der Waals surface area contributed by atoms with Crippen LogP contribution in [0.5, 0.6) is 5.75 Å². The number of rotatable bonds is 3. The fourth-order valence-electron chi connectivity index (χ4n) is 2.00. The van der Waals surface area contributed by atoms with Crippen LogP contribution < -0.4 is 10.4 Å². The number of likely N-dealkylation sites (N-methyl/N-ethyl adjacent to an activating group) is 1. The average Bonchev–Trinajstić information content (AvgIpc) is 2.36. The second kappa shape index (κ2) is 5.36. The first-order valence-electron chi connectivity index (χ1n) is 6.31. The first-order chi connectivity index (χ1) is 9.38. The molecule has 0 fully saturated rings. The molecule has 0 saturated carbocycles. The highest BCUT2D eigenvalue weighted by Crippen LogP contribution is 2.23. The fourth-order valence-corrected chi connectivity index (χ4v) is 2.00. The fraction of sp³-hybridized carbons (Fsp3) is 0.333. The van der Waals surface area contributed by atoms with Crippen LogP contribution in [-0.4, -0.2) is 31.0 Å². The molecule has 1 aromatic heterocycles. The normalized spacial score (nSPS) is 12.2. The quantitative estimate of drug-likeness (QED) is 0.803. The third-order valence-electron chi connectivity index (χ3n) is 3.02. The maximum absolute atomic E-state index is 11.7. The van der Waals surface area contributed by atoms with Gasteiger partial charge in [-0.2, -0.15) is 0 Å². The average molecular weight is 275 g/mol. The molecule has 0 aliphatic heterocycles. The molecule has 20 heavy (non-hydrogen) atoms. The molecule has 0 saturated heterocycles. The number of hydrogen-bond donors (Lipinski definition) is 0. The molecule has 0 N–H and O–H groups in total. The number of carbonyl (C=O) groups is 1. The molecule has 0 spiro atoms. The van der Waals surface area contributed by atoms with E-state index in [1.165, 1.54) is 11.0 Å². The number of hydrogen-bond acceptors (Lipinski definition) is 4. The lowest BCUT2D eigenvalue weighted by Gasteiger charge is -2.18. The van der Waals surface area contributed by atoms with Crippen LogP contribution in [0.4, 0.5) is 0 Å². The van der Waals surface area contributed by atoms with Crippen molar-refractivity contribution in [3.05, 3.63) is 40.2 Å². The molecule has 0 aliphatic carbocycles. The van der Waals surface area contributed by atoms with Crippen molar-refractivity contribution in [2.24, 2.45) is 0 Å². The SMILES string of the molecule is Cc1cc(=O)oc2cc(O[C@@H](C)C(=O)N(C)C)ccc12. The van der Waals surface area contributed by atoms with E-state index in [9.17, 15) is 9.59 Å². The van der Waals surface area contributed by atoms with Gasteiger partial charge in [0.1, 0.15) is 11.3 Å². The van der Waals surface area contributed by atoms with Gasteiger partial charge in [-0.1, -0.05) is 0 Å². The van der Waals surface area contributed by atoms with Crippen molar-refractivity contribution in [3.63, 3.8) is 0 Å². The van der Waals surface area contributed by atoms with Gasteiger partial charge in [0.2, 0.25) is 0 Å². The van der Waals surface area contributed by atoms with Gasteiger partial charge in [0.15, 0.2) is 6.10 Å². The largest absolute Gasteiger partial charge is 0.481 e. The van der Waals surface area contributed by atoms with E-state index in [0.29, 0.717) is 11.3 Å². The Hall–Kier alpha value is -2.30. The topological polar surface area (TPSA) is 59.8 Å². The maximum Gasteiger partial charge on any atom is 0.336 e. The number of fused-ring (bicyclic) bond motifs is 1. The van der Waals surface area contributed by atoms with E-state index in [1.807, 2.05) is 13.0 Å². The van der Waals surface area contributed by atoms with E-state index in [-0.39, 0.29) is 5.91 Å². The van der Waals surface area contributed by atoms with Crippen molar-refractivity contribution < 1.29 is 13.9 Å².